The second-order valence-electron chi connectivity index (χ2n) is 14.5. The number of anilines is 3. The van der Waals surface area contributed by atoms with Gasteiger partial charge in [-0.05, 0) is 44.8 Å². The molecule has 2 saturated carbocycles. The van der Waals surface area contributed by atoms with Crippen LogP contribution in [0.25, 0.3) is 32.2 Å². The normalized spacial score (nSPS) is 19.6. The fraction of sp³-hybridized carbons (Fsp3) is 0.417. The van der Waals surface area contributed by atoms with E-state index in [0.29, 0.717) is 56.2 Å². The van der Waals surface area contributed by atoms with E-state index in [-0.39, 0.29) is 91.2 Å². The molecule has 4 aliphatic rings. The summed E-state index contributed by atoms with van der Waals surface area (Å²) in [5, 5.41) is 10.0. The van der Waals surface area contributed by atoms with Crippen LogP contribution in [-0.2, 0) is 6.54 Å². The van der Waals surface area contributed by atoms with Crippen molar-refractivity contribution in [1.82, 2.24) is 24.8 Å². The molecule has 0 unspecified atom stereocenters. The molecule has 9 rings (SSSR count). The molecule has 5 aromatic rings. The highest BCUT2D eigenvalue weighted by atomic mass is 35.5. The van der Waals surface area contributed by atoms with Crippen molar-refractivity contribution in [3.05, 3.63) is 52.3 Å². The number of nitrogens with two attached hydrogens (primary N) is 2. The smallest absolute Gasteiger partial charge is 0.319 e. The van der Waals surface area contributed by atoms with Gasteiger partial charge in [-0.1, -0.05) is 17.7 Å². The molecular weight excluding hydrogens is 734 g/mol. The molecule has 2 aliphatic carbocycles. The van der Waals surface area contributed by atoms with Crippen LogP contribution in [0.3, 0.4) is 0 Å². The molecule has 1 spiro atoms. The third kappa shape index (κ3) is 5.54. The summed E-state index contributed by atoms with van der Waals surface area (Å²) >= 11 is 7.84. The first kappa shape index (κ1) is 34.1. The van der Waals surface area contributed by atoms with Crippen LogP contribution in [0.15, 0.2) is 24.5 Å². The maximum atomic E-state index is 17.2. The number of aromatic nitrogens is 4. The summed E-state index contributed by atoms with van der Waals surface area (Å²) < 4.78 is 72.7. The number of halogens is 5. The highest BCUT2D eigenvalue weighted by molar-refractivity contribution is 7.23. The lowest BCUT2D eigenvalue weighted by Gasteiger charge is -2.34. The molecule has 17 heteroatoms. The minimum Gasteiger partial charge on any atom is -0.489 e. The van der Waals surface area contributed by atoms with Gasteiger partial charge in [0.2, 0.25) is 0 Å². The van der Waals surface area contributed by atoms with Crippen molar-refractivity contribution < 1.29 is 27.0 Å². The number of hydrogen-bond acceptors (Lipinski definition) is 12. The fourth-order valence-corrected chi connectivity index (χ4v) is 9.09. The summed E-state index contributed by atoms with van der Waals surface area (Å²) in [6.07, 6.45) is 5.20. The summed E-state index contributed by atoms with van der Waals surface area (Å²) in [5.41, 5.74) is 11.4. The van der Waals surface area contributed by atoms with Crippen molar-refractivity contribution in [1.29, 1.82) is 5.26 Å². The largest absolute Gasteiger partial charge is 0.489 e. The van der Waals surface area contributed by atoms with Crippen molar-refractivity contribution >= 4 is 60.6 Å². The first-order valence-electron chi connectivity index (χ1n) is 17.2. The summed E-state index contributed by atoms with van der Waals surface area (Å²) in [6, 6.07) is 5.49. The Labute approximate surface area is 309 Å². The van der Waals surface area contributed by atoms with Gasteiger partial charge in [0.1, 0.15) is 34.8 Å². The minimum atomic E-state index is -2.55. The summed E-state index contributed by atoms with van der Waals surface area (Å²) in [4.78, 5) is 21.9. The first-order valence-corrected chi connectivity index (χ1v) is 18.4. The Hall–Kier alpha value is -4.72. The zero-order valence-electron chi connectivity index (χ0n) is 28.2. The quantitative estimate of drug-likeness (QED) is 0.158. The van der Waals surface area contributed by atoms with Gasteiger partial charge in [0.25, 0.3) is 5.92 Å². The van der Waals surface area contributed by atoms with Gasteiger partial charge < -0.3 is 30.7 Å². The van der Waals surface area contributed by atoms with Crippen molar-refractivity contribution in [3.63, 3.8) is 0 Å². The number of benzene rings is 1. The number of alkyl halides is 2. The van der Waals surface area contributed by atoms with E-state index < -0.39 is 23.0 Å². The molecule has 4 aromatic heterocycles. The second kappa shape index (κ2) is 12.2. The van der Waals surface area contributed by atoms with Crippen LogP contribution in [-0.4, -0.2) is 70.2 Å². The minimum absolute atomic E-state index is 0.0206. The van der Waals surface area contributed by atoms with Crippen LogP contribution in [0.4, 0.5) is 34.2 Å². The van der Waals surface area contributed by atoms with E-state index in [9.17, 15) is 18.4 Å². The Kier molecular flexibility index (Phi) is 7.81. The molecule has 53 heavy (non-hydrogen) atoms. The third-order valence-electron chi connectivity index (χ3n) is 11.2. The summed E-state index contributed by atoms with van der Waals surface area (Å²) in [6.45, 7) is 2.77. The standard InChI is InChI=1S/C36H32ClF4N9O2S/c37-24-22(26-21-19(12-42)31(44)53-29(21)20(38)13-46-26)25(39)27-23-28(24)51-11-10-50(14-18-2-1-7-45-30(18)43)32(23)48-33(47-27)52-17-34(3-4-34)16-49-8-5-35(6-9-49)15-36(35,40)41/h1-2,7,13H,3-6,8-11,14-17,44H2,(H2,43,45). The molecule has 0 atom stereocenters. The van der Waals surface area contributed by atoms with Crippen molar-refractivity contribution in [3.8, 4) is 29.1 Å². The number of thiophene rings is 1. The molecule has 0 radical (unpaired) electrons. The molecular formula is C36H32ClF4N9O2S. The van der Waals surface area contributed by atoms with Crippen molar-refractivity contribution in [2.24, 2.45) is 10.8 Å². The lowest BCUT2D eigenvalue weighted by atomic mass is 9.92. The van der Waals surface area contributed by atoms with Crippen LogP contribution in [0.2, 0.25) is 5.02 Å². The van der Waals surface area contributed by atoms with E-state index in [1.54, 1.807) is 12.3 Å². The van der Waals surface area contributed by atoms with Crippen LogP contribution in [0.1, 0.15) is 43.2 Å². The van der Waals surface area contributed by atoms with Crippen LogP contribution < -0.4 is 25.8 Å². The van der Waals surface area contributed by atoms with E-state index >= 15 is 4.39 Å². The average Bonchev–Trinajstić information content (AvgIpc) is 3.99. The topological polar surface area (TPSA) is 152 Å². The first-order chi connectivity index (χ1) is 25.4. The van der Waals surface area contributed by atoms with Gasteiger partial charge in [-0.3, -0.25) is 4.98 Å². The molecule has 11 nitrogen and oxygen atoms in total. The Morgan fingerprint density at radius 3 is 2.55 bits per heavy atom. The number of nitriles is 1. The monoisotopic (exact) mass is 765 g/mol. The van der Waals surface area contributed by atoms with E-state index in [1.807, 2.05) is 17.0 Å². The zero-order chi connectivity index (χ0) is 36.9. The molecule has 1 aromatic carbocycles. The molecule has 0 amide bonds. The van der Waals surface area contributed by atoms with Gasteiger partial charge in [0, 0.05) is 47.5 Å². The Bertz CT molecular complexity index is 2380. The van der Waals surface area contributed by atoms with Gasteiger partial charge in [-0.25, -0.2) is 22.5 Å². The van der Waals surface area contributed by atoms with Gasteiger partial charge in [0.05, 0.1) is 51.3 Å². The summed E-state index contributed by atoms with van der Waals surface area (Å²) in [7, 11) is 0. The number of pyridine rings is 2. The maximum Gasteiger partial charge on any atom is 0.319 e. The molecule has 4 N–H and O–H groups in total. The predicted octanol–water partition coefficient (Wildman–Crippen LogP) is 6.95. The number of likely N-dealkylation sites (tertiary alicyclic amines) is 1. The highest BCUT2D eigenvalue weighted by Gasteiger charge is 2.70. The molecule has 2 aliphatic heterocycles. The highest BCUT2D eigenvalue weighted by Crippen LogP contribution is 2.66. The van der Waals surface area contributed by atoms with Gasteiger partial charge in [-0.2, -0.15) is 15.2 Å². The fourth-order valence-electron chi connectivity index (χ4n) is 7.85. The Morgan fingerprint density at radius 1 is 1.08 bits per heavy atom. The maximum absolute atomic E-state index is 17.2. The van der Waals surface area contributed by atoms with Crippen LogP contribution in [0.5, 0.6) is 11.8 Å². The number of piperidine rings is 1. The molecule has 1 saturated heterocycles. The Morgan fingerprint density at radius 2 is 1.85 bits per heavy atom. The lowest BCUT2D eigenvalue weighted by Crippen LogP contribution is -2.41. The lowest BCUT2D eigenvalue weighted by molar-refractivity contribution is 0.0252. The Balaban J connectivity index is 1.13. The zero-order valence-corrected chi connectivity index (χ0v) is 29.8. The van der Waals surface area contributed by atoms with E-state index in [0.717, 1.165) is 30.4 Å². The number of hydrogen-bond donors (Lipinski definition) is 2. The SMILES string of the molecule is N#Cc1c(N)sc2c(F)cnc(-c3c(Cl)c4c5c(nc(OCC6(CN7CCC8(CC7)CC8(F)F)CC6)nc5c3F)N(Cc3cccnc3N)CCO4)c12. The van der Waals surface area contributed by atoms with E-state index in [1.165, 1.54) is 0 Å². The third-order valence-corrected chi connectivity index (χ3v) is 12.6. The van der Waals surface area contributed by atoms with Gasteiger partial charge in [-0.15, -0.1) is 11.3 Å². The van der Waals surface area contributed by atoms with Crippen molar-refractivity contribution in [2.75, 3.05) is 55.8 Å². The number of ether oxygens (including phenoxy) is 2. The molecule has 274 valence electrons. The average molecular weight is 766 g/mol. The van der Waals surface area contributed by atoms with Crippen LogP contribution >= 0.6 is 22.9 Å². The summed E-state index contributed by atoms with van der Waals surface area (Å²) in [5.74, 6) is -3.48. The van der Waals surface area contributed by atoms with Gasteiger partial charge >= 0.3 is 6.01 Å². The van der Waals surface area contributed by atoms with E-state index in [2.05, 4.69) is 19.9 Å². The number of nitrogens with zero attached hydrogens (tertiary/aromatic N) is 7. The molecule has 6 heterocycles. The number of fused-ring (bicyclic) bond motifs is 1. The van der Waals surface area contributed by atoms with Crippen LogP contribution in [0, 0.1) is 33.8 Å². The van der Waals surface area contributed by atoms with Gasteiger partial charge in [0.15, 0.2) is 17.4 Å². The van der Waals surface area contributed by atoms with E-state index in [4.69, 9.17) is 37.5 Å². The second-order valence-corrected chi connectivity index (χ2v) is 16.0. The molecule has 3 fully saturated rings. The number of rotatable bonds is 8. The number of nitrogen functional groups attached to an aromatic ring is 2. The predicted molar refractivity (Wildman–Crippen MR) is 192 cm³/mol. The van der Waals surface area contributed by atoms with Crippen molar-refractivity contribution in [2.45, 2.75) is 44.6 Å². The molecule has 0 bridgehead atoms.